The summed E-state index contributed by atoms with van der Waals surface area (Å²) < 4.78 is 0. The van der Waals surface area contributed by atoms with Gasteiger partial charge >= 0.3 is 6.03 Å². The Morgan fingerprint density at radius 1 is 0.900 bits per heavy atom. The van der Waals surface area contributed by atoms with Crippen LogP contribution in [0.5, 0.6) is 0 Å². The molecule has 5 heteroatoms. The fraction of sp³-hybridized carbons (Fsp3) is 0.933. The third-order valence-electron chi connectivity index (χ3n) is 2.89. The van der Waals surface area contributed by atoms with E-state index >= 15 is 0 Å². The Morgan fingerprint density at radius 3 is 1.70 bits per heavy atom. The highest BCUT2D eigenvalue weighted by Gasteiger charge is 2.21. The molecule has 5 nitrogen and oxygen atoms in total. The smallest absolute Gasteiger partial charge is 0.319 e. The van der Waals surface area contributed by atoms with Crippen molar-refractivity contribution in [2.75, 3.05) is 67.5 Å². The van der Waals surface area contributed by atoms with Crippen LogP contribution in [0.15, 0.2) is 0 Å². The van der Waals surface area contributed by atoms with Crippen LogP contribution in [0.3, 0.4) is 0 Å². The van der Waals surface area contributed by atoms with Crippen LogP contribution in [-0.4, -0.2) is 93.1 Å². The molecule has 1 saturated heterocycles. The van der Waals surface area contributed by atoms with E-state index in [4.69, 9.17) is 0 Å². The molecule has 1 fully saturated rings. The number of hydrogen-bond donors (Lipinski definition) is 0. The zero-order valence-corrected chi connectivity index (χ0v) is 14.9. The summed E-state index contributed by atoms with van der Waals surface area (Å²) in [5.41, 5.74) is 0. The molecule has 0 aromatic rings. The Bertz CT molecular complexity index is 224. The van der Waals surface area contributed by atoms with Gasteiger partial charge in [-0.25, -0.2) is 4.79 Å². The normalized spacial score (nSPS) is 14.9. The Morgan fingerprint density at radius 2 is 1.35 bits per heavy atom. The first kappa shape index (κ1) is 21.5. The number of urea groups is 1. The molecule has 0 N–H and O–H groups in total. The van der Waals surface area contributed by atoms with Crippen molar-refractivity contribution in [2.24, 2.45) is 0 Å². The van der Waals surface area contributed by atoms with E-state index < -0.39 is 0 Å². The van der Waals surface area contributed by atoms with Crippen molar-refractivity contribution in [3.63, 3.8) is 0 Å². The Hall–Kier alpha value is -0.810. The van der Waals surface area contributed by atoms with Crippen molar-refractivity contribution in [1.29, 1.82) is 0 Å². The minimum Gasteiger partial charge on any atom is -0.331 e. The second-order valence-electron chi connectivity index (χ2n) is 4.81. The molecular formula is C15H36N4O. The van der Waals surface area contributed by atoms with Crippen LogP contribution >= 0.6 is 0 Å². The summed E-state index contributed by atoms with van der Waals surface area (Å²) in [5, 5.41) is 0. The number of likely N-dealkylation sites (N-methyl/N-ethyl adjacent to an activating group) is 1. The lowest BCUT2D eigenvalue weighted by atomic mass is 10.3. The van der Waals surface area contributed by atoms with Gasteiger partial charge in [0.2, 0.25) is 0 Å². The van der Waals surface area contributed by atoms with Gasteiger partial charge in [-0.3, -0.25) is 4.90 Å². The first-order chi connectivity index (χ1) is 9.50. The molecule has 0 saturated carbocycles. The maximum Gasteiger partial charge on any atom is 0.319 e. The van der Waals surface area contributed by atoms with E-state index in [-0.39, 0.29) is 6.03 Å². The van der Waals surface area contributed by atoms with Gasteiger partial charge in [-0.15, -0.1) is 0 Å². The van der Waals surface area contributed by atoms with Crippen LogP contribution in [-0.2, 0) is 0 Å². The maximum absolute atomic E-state index is 11.7. The van der Waals surface area contributed by atoms with Gasteiger partial charge in [-0.05, 0) is 14.1 Å². The van der Waals surface area contributed by atoms with Crippen molar-refractivity contribution in [3.05, 3.63) is 0 Å². The van der Waals surface area contributed by atoms with Crippen molar-refractivity contribution >= 4 is 6.03 Å². The molecule has 1 aliphatic heterocycles. The molecule has 0 atom stereocenters. The Balaban J connectivity index is 0. The third kappa shape index (κ3) is 9.15. The van der Waals surface area contributed by atoms with Crippen molar-refractivity contribution in [1.82, 2.24) is 19.6 Å². The van der Waals surface area contributed by atoms with Gasteiger partial charge < -0.3 is 14.7 Å². The minimum atomic E-state index is 0.132. The predicted molar refractivity (Wildman–Crippen MR) is 88.3 cm³/mol. The summed E-state index contributed by atoms with van der Waals surface area (Å²) in [6, 6.07) is 0.132. The third-order valence-corrected chi connectivity index (χ3v) is 2.89. The van der Waals surface area contributed by atoms with Gasteiger partial charge in [-0.1, -0.05) is 27.7 Å². The lowest BCUT2D eigenvalue weighted by Gasteiger charge is -2.36. The Labute approximate surface area is 126 Å². The fourth-order valence-corrected chi connectivity index (χ4v) is 1.79. The molecule has 0 spiro atoms. The van der Waals surface area contributed by atoms with Gasteiger partial charge in [0.15, 0.2) is 0 Å². The molecule has 2 amide bonds. The van der Waals surface area contributed by atoms with Crippen LogP contribution in [0.25, 0.3) is 0 Å². The molecular weight excluding hydrogens is 252 g/mol. The summed E-state index contributed by atoms with van der Waals surface area (Å²) in [5.74, 6) is 0. The predicted octanol–water partition coefficient (Wildman–Crippen LogP) is 1.90. The average Bonchev–Trinajstić information content (AvgIpc) is 2.49. The fourth-order valence-electron chi connectivity index (χ4n) is 1.79. The highest BCUT2D eigenvalue weighted by molar-refractivity contribution is 5.73. The van der Waals surface area contributed by atoms with Crippen LogP contribution in [0.1, 0.15) is 27.7 Å². The summed E-state index contributed by atoms with van der Waals surface area (Å²) in [6.07, 6.45) is 0. The monoisotopic (exact) mass is 288 g/mol. The summed E-state index contributed by atoms with van der Waals surface area (Å²) in [6.45, 7) is 13.9. The lowest BCUT2D eigenvalue weighted by molar-refractivity contribution is 0.119. The van der Waals surface area contributed by atoms with E-state index in [1.165, 1.54) is 0 Å². The largest absolute Gasteiger partial charge is 0.331 e. The van der Waals surface area contributed by atoms with E-state index in [1.807, 2.05) is 32.6 Å². The number of carbonyl (C=O) groups is 1. The highest BCUT2D eigenvalue weighted by Crippen LogP contribution is 2.03. The number of nitrogens with zero attached hydrogens (tertiary/aromatic N) is 4. The molecule has 0 bridgehead atoms. The van der Waals surface area contributed by atoms with E-state index in [9.17, 15) is 4.79 Å². The first-order valence-corrected chi connectivity index (χ1v) is 7.84. The molecule has 0 aromatic carbocycles. The van der Waals surface area contributed by atoms with Crippen LogP contribution in [0.2, 0.25) is 0 Å². The minimum absolute atomic E-state index is 0.132. The number of amides is 2. The van der Waals surface area contributed by atoms with E-state index in [2.05, 4.69) is 23.9 Å². The quantitative estimate of drug-likeness (QED) is 0.794. The van der Waals surface area contributed by atoms with Gasteiger partial charge in [0.25, 0.3) is 0 Å². The second kappa shape index (κ2) is 13.2. The molecule has 0 aliphatic carbocycles. The maximum atomic E-state index is 11.7. The van der Waals surface area contributed by atoms with Gasteiger partial charge in [0.05, 0.1) is 0 Å². The Kier molecular flexibility index (Phi) is 14.2. The number of hydrogen-bond acceptors (Lipinski definition) is 3. The molecule has 1 rings (SSSR count). The zero-order valence-electron chi connectivity index (χ0n) is 14.9. The number of piperazine rings is 1. The van der Waals surface area contributed by atoms with E-state index in [1.54, 1.807) is 19.0 Å². The van der Waals surface area contributed by atoms with Crippen molar-refractivity contribution in [2.45, 2.75) is 27.7 Å². The van der Waals surface area contributed by atoms with Gasteiger partial charge in [0.1, 0.15) is 0 Å². The average molecular weight is 288 g/mol. The topological polar surface area (TPSA) is 30.0 Å². The van der Waals surface area contributed by atoms with E-state index in [0.29, 0.717) is 0 Å². The molecule has 0 radical (unpaired) electrons. The van der Waals surface area contributed by atoms with Gasteiger partial charge in [-0.2, -0.15) is 0 Å². The van der Waals surface area contributed by atoms with Crippen LogP contribution in [0, 0.1) is 0 Å². The standard InChI is InChI=1S/C11H24N4O.2C2H6/c1-12(2)5-6-14-7-9-15(10-8-14)11(16)13(3)4;2*1-2/h5-10H2,1-4H3;2*1-2H3. The number of carbonyl (C=O) groups excluding carboxylic acids is 1. The molecule has 1 heterocycles. The zero-order chi connectivity index (χ0) is 16.1. The molecule has 0 aromatic heterocycles. The first-order valence-electron chi connectivity index (χ1n) is 7.84. The molecule has 122 valence electrons. The van der Waals surface area contributed by atoms with Crippen LogP contribution in [0.4, 0.5) is 4.79 Å². The van der Waals surface area contributed by atoms with E-state index in [0.717, 1.165) is 39.3 Å². The molecule has 20 heavy (non-hydrogen) atoms. The van der Waals surface area contributed by atoms with Crippen molar-refractivity contribution in [3.8, 4) is 0 Å². The SMILES string of the molecule is CC.CC.CN(C)CCN1CCN(C(=O)N(C)C)CC1. The summed E-state index contributed by atoms with van der Waals surface area (Å²) >= 11 is 0. The number of rotatable bonds is 3. The second-order valence-corrected chi connectivity index (χ2v) is 4.81. The summed E-state index contributed by atoms with van der Waals surface area (Å²) in [7, 11) is 7.79. The summed E-state index contributed by atoms with van der Waals surface area (Å²) in [4.78, 5) is 19.9. The van der Waals surface area contributed by atoms with Crippen molar-refractivity contribution < 1.29 is 4.79 Å². The molecule has 1 aliphatic rings. The highest BCUT2D eigenvalue weighted by atomic mass is 16.2. The van der Waals surface area contributed by atoms with Crippen LogP contribution < -0.4 is 0 Å². The molecule has 0 unspecified atom stereocenters. The van der Waals surface area contributed by atoms with Gasteiger partial charge in [0, 0.05) is 53.4 Å². The lowest BCUT2D eigenvalue weighted by Crippen LogP contribution is -2.52.